The lowest BCUT2D eigenvalue weighted by atomic mass is 10.3. The highest BCUT2D eigenvalue weighted by molar-refractivity contribution is 7.87. The van der Waals surface area contributed by atoms with E-state index in [9.17, 15) is 8.42 Å². The van der Waals surface area contributed by atoms with Crippen LogP contribution in [0.1, 0.15) is 0 Å². The van der Waals surface area contributed by atoms with Crippen LogP contribution in [0.4, 0.5) is 0 Å². The van der Waals surface area contributed by atoms with E-state index in [1.165, 1.54) is 41.3 Å². The molecule has 3 rings (SSSR count). The minimum Gasteiger partial charge on any atom is -0.379 e. The highest BCUT2D eigenvalue weighted by Crippen LogP contribution is 2.28. The first-order valence-electron chi connectivity index (χ1n) is 6.19. The van der Waals surface area contributed by atoms with Gasteiger partial charge in [0.1, 0.15) is 17.0 Å². The summed E-state index contributed by atoms with van der Waals surface area (Å²) in [5.41, 5.74) is 0.542. The van der Waals surface area contributed by atoms with Gasteiger partial charge in [0, 0.05) is 11.1 Å². The van der Waals surface area contributed by atoms with Crippen LogP contribution in [0.5, 0.6) is 5.75 Å². The summed E-state index contributed by atoms with van der Waals surface area (Å²) in [7, 11) is -4.13. The lowest BCUT2D eigenvalue weighted by molar-refractivity contribution is 0.486. The van der Waals surface area contributed by atoms with Crippen molar-refractivity contribution in [3.63, 3.8) is 0 Å². The number of rotatable bonds is 4. The summed E-state index contributed by atoms with van der Waals surface area (Å²) < 4.78 is 31.2. The van der Waals surface area contributed by atoms with Crippen LogP contribution in [0.15, 0.2) is 53.7 Å². The Morgan fingerprint density at radius 3 is 2.65 bits per heavy atom. The average Bonchev–Trinajstić information content (AvgIpc) is 3.04. The maximum Gasteiger partial charge on any atom is 0.340 e. The number of benzene rings is 2. The van der Waals surface area contributed by atoms with E-state index in [1.54, 1.807) is 12.1 Å². The molecule has 0 bridgehead atoms. The zero-order valence-corrected chi connectivity index (χ0v) is 13.6. The first-order valence-corrected chi connectivity index (χ1v) is 8.35. The van der Waals surface area contributed by atoms with Crippen LogP contribution in [0.2, 0.25) is 10.0 Å². The van der Waals surface area contributed by atoms with E-state index in [0.29, 0.717) is 5.69 Å². The molecule has 0 saturated carbocycles. The molecule has 0 aliphatic heterocycles. The largest absolute Gasteiger partial charge is 0.379 e. The van der Waals surface area contributed by atoms with Crippen molar-refractivity contribution in [3.05, 3.63) is 58.8 Å². The van der Waals surface area contributed by atoms with Crippen molar-refractivity contribution in [1.29, 1.82) is 0 Å². The van der Waals surface area contributed by atoms with E-state index in [-0.39, 0.29) is 20.7 Å². The van der Waals surface area contributed by atoms with Gasteiger partial charge in [0.15, 0.2) is 0 Å². The van der Waals surface area contributed by atoms with E-state index < -0.39 is 10.1 Å². The van der Waals surface area contributed by atoms with Gasteiger partial charge < -0.3 is 4.18 Å². The van der Waals surface area contributed by atoms with Crippen LogP contribution < -0.4 is 4.18 Å². The lowest BCUT2D eigenvalue weighted by Gasteiger charge is -2.09. The van der Waals surface area contributed by atoms with Gasteiger partial charge in [-0.3, -0.25) is 0 Å². The summed E-state index contributed by atoms with van der Waals surface area (Å²) in [6.07, 6.45) is 1.38. The minimum absolute atomic E-state index is 0.0195. The fourth-order valence-electron chi connectivity index (χ4n) is 1.80. The summed E-state index contributed by atoms with van der Waals surface area (Å²) >= 11 is 11.7. The van der Waals surface area contributed by atoms with E-state index >= 15 is 0 Å². The van der Waals surface area contributed by atoms with Crippen molar-refractivity contribution >= 4 is 33.3 Å². The van der Waals surface area contributed by atoms with Gasteiger partial charge in [-0.05, 0) is 40.8 Å². The number of hydrogen-bond acceptors (Lipinski definition) is 6. The van der Waals surface area contributed by atoms with Crippen molar-refractivity contribution < 1.29 is 12.6 Å². The third-order valence-corrected chi connectivity index (χ3v) is 4.76. The predicted molar refractivity (Wildman–Crippen MR) is 83.4 cm³/mol. The van der Waals surface area contributed by atoms with Gasteiger partial charge in [-0.1, -0.05) is 29.3 Å². The fraction of sp³-hybridized carbons (Fsp3) is 0. The molecule has 0 fully saturated rings. The van der Waals surface area contributed by atoms with E-state index in [4.69, 9.17) is 27.4 Å². The molecule has 0 aliphatic rings. The zero-order valence-electron chi connectivity index (χ0n) is 11.3. The Morgan fingerprint density at radius 1 is 1.09 bits per heavy atom. The molecule has 0 spiro atoms. The molecule has 0 amide bonds. The molecule has 0 aliphatic carbocycles. The Kier molecular flexibility index (Phi) is 4.20. The zero-order chi connectivity index (χ0) is 16.4. The summed E-state index contributed by atoms with van der Waals surface area (Å²) in [6, 6.07) is 10.4. The van der Waals surface area contributed by atoms with Gasteiger partial charge in [-0.2, -0.15) is 8.42 Å². The number of nitrogens with zero attached hydrogens (tertiary/aromatic N) is 4. The number of tetrazole rings is 1. The number of aromatic nitrogens is 4. The molecule has 1 aromatic heterocycles. The summed E-state index contributed by atoms with van der Waals surface area (Å²) in [6.45, 7) is 0. The van der Waals surface area contributed by atoms with Crippen LogP contribution in [0.3, 0.4) is 0 Å². The second-order valence-electron chi connectivity index (χ2n) is 4.36. The van der Waals surface area contributed by atoms with Crippen molar-refractivity contribution in [2.45, 2.75) is 4.90 Å². The smallest absolute Gasteiger partial charge is 0.340 e. The van der Waals surface area contributed by atoms with Gasteiger partial charge in [0.25, 0.3) is 0 Å². The maximum absolute atomic E-state index is 12.4. The normalized spacial score (nSPS) is 11.4. The van der Waals surface area contributed by atoms with E-state index in [1.807, 2.05) is 0 Å². The quantitative estimate of drug-likeness (QED) is 0.656. The monoisotopic (exact) mass is 370 g/mol. The fourth-order valence-corrected chi connectivity index (χ4v) is 3.46. The Hall–Kier alpha value is -2.16. The highest BCUT2D eigenvalue weighted by atomic mass is 35.5. The third kappa shape index (κ3) is 3.44. The second-order valence-corrected chi connectivity index (χ2v) is 6.72. The van der Waals surface area contributed by atoms with Crippen LogP contribution in [0, 0.1) is 0 Å². The molecule has 118 valence electrons. The molecule has 10 heteroatoms. The first kappa shape index (κ1) is 15.7. The number of hydrogen-bond donors (Lipinski definition) is 0. The number of halogens is 2. The van der Waals surface area contributed by atoms with Crippen molar-refractivity contribution in [2.24, 2.45) is 0 Å². The van der Waals surface area contributed by atoms with Gasteiger partial charge in [0.2, 0.25) is 0 Å². The van der Waals surface area contributed by atoms with E-state index in [0.717, 1.165) is 0 Å². The average molecular weight is 371 g/mol. The van der Waals surface area contributed by atoms with Crippen LogP contribution in [0.25, 0.3) is 5.69 Å². The molecule has 2 aromatic carbocycles. The van der Waals surface area contributed by atoms with Crippen LogP contribution >= 0.6 is 23.2 Å². The van der Waals surface area contributed by atoms with Crippen LogP contribution in [-0.4, -0.2) is 28.6 Å². The molecule has 3 aromatic rings. The van der Waals surface area contributed by atoms with E-state index in [2.05, 4.69) is 15.5 Å². The topological polar surface area (TPSA) is 87.0 Å². The molecule has 23 heavy (non-hydrogen) atoms. The molecular formula is C13H8Cl2N4O3S. The Balaban J connectivity index is 1.95. The molecule has 0 atom stereocenters. The Labute approximate surface area is 141 Å². The molecule has 0 unspecified atom stereocenters. The molecule has 1 heterocycles. The van der Waals surface area contributed by atoms with Gasteiger partial charge >= 0.3 is 10.1 Å². The minimum atomic E-state index is -4.13. The highest BCUT2D eigenvalue weighted by Gasteiger charge is 2.21. The predicted octanol–water partition coefficient (Wildman–Crippen LogP) is 2.74. The van der Waals surface area contributed by atoms with Gasteiger partial charge in [-0.15, -0.1) is 5.10 Å². The molecule has 0 radical (unpaired) electrons. The van der Waals surface area contributed by atoms with Crippen molar-refractivity contribution in [2.75, 3.05) is 0 Å². The molecule has 0 N–H and O–H groups in total. The molecule has 7 nitrogen and oxygen atoms in total. The summed E-state index contributed by atoms with van der Waals surface area (Å²) in [5.74, 6) is 0.0917. The Morgan fingerprint density at radius 2 is 1.91 bits per heavy atom. The lowest BCUT2D eigenvalue weighted by Crippen LogP contribution is -2.10. The first-order chi connectivity index (χ1) is 11.0. The van der Waals surface area contributed by atoms with Gasteiger partial charge in [0.05, 0.1) is 10.7 Å². The summed E-state index contributed by atoms with van der Waals surface area (Å²) in [4.78, 5) is -0.209. The van der Waals surface area contributed by atoms with Crippen LogP contribution in [-0.2, 0) is 10.1 Å². The van der Waals surface area contributed by atoms with Crippen molar-refractivity contribution in [1.82, 2.24) is 20.2 Å². The standard InChI is InChI=1S/C13H8Cl2N4O3S/c14-9-4-5-12(15)13(6-9)23(20,21)22-11-3-1-2-10(7-11)19-8-16-17-18-19/h1-8H. The maximum atomic E-state index is 12.4. The second kappa shape index (κ2) is 6.15. The Bertz CT molecular complexity index is 946. The van der Waals surface area contributed by atoms with Gasteiger partial charge in [-0.25, -0.2) is 4.68 Å². The molecular weight excluding hydrogens is 363 g/mol. The SMILES string of the molecule is O=S(=O)(Oc1cccc(-n2cnnn2)c1)c1cc(Cl)ccc1Cl. The third-order valence-electron chi connectivity index (χ3n) is 2.80. The summed E-state index contributed by atoms with van der Waals surface area (Å²) in [5, 5.41) is 11.0. The molecule has 0 saturated heterocycles. The van der Waals surface area contributed by atoms with Crippen molar-refractivity contribution in [3.8, 4) is 11.4 Å².